The van der Waals surface area contributed by atoms with Crippen molar-refractivity contribution < 1.29 is 9.47 Å². The molecule has 1 N–H and O–H groups in total. The Balaban J connectivity index is 2.66. The first-order chi connectivity index (χ1) is 8.32. The van der Waals surface area contributed by atoms with Gasteiger partial charge < -0.3 is 14.8 Å². The van der Waals surface area contributed by atoms with Crippen molar-refractivity contribution in [1.29, 1.82) is 0 Å². The van der Waals surface area contributed by atoms with Gasteiger partial charge in [-0.3, -0.25) is 0 Å². The fraction of sp³-hybridized carbons (Fsp3) is 1.00. The lowest BCUT2D eigenvalue weighted by atomic mass is 9.80. The monoisotopic (exact) mass is 257 g/mol. The van der Waals surface area contributed by atoms with Crippen LogP contribution in [0.1, 0.15) is 53.9 Å². The summed E-state index contributed by atoms with van der Waals surface area (Å²) in [6, 6.07) is 0.530. The normalized spacial score (nSPS) is 27.3. The number of ether oxygens (including phenoxy) is 2. The molecule has 2 unspecified atom stereocenters. The van der Waals surface area contributed by atoms with E-state index in [9.17, 15) is 0 Å². The molecule has 2 atom stereocenters. The van der Waals surface area contributed by atoms with Crippen molar-refractivity contribution in [3.63, 3.8) is 0 Å². The second kappa shape index (κ2) is 6.36. The highest BCUT2D eigenvalue weighted by atomic mass is 16.5. The minimum atomic E-state index is -0.0383. The molecule has 0 aliphatic carbocycles. The van der Waals surface area contributed by atoms with Gasteiger partial charge >= 0.3 is 0 Å². The van der Waals surface area contributed by atoms with Gasteiger partial charge in [0.2, 0.25) is 0 Å². The van der Waals surface area contributed by atoms with Gasteiger partial charge in [0.05, 0.1) is 11.2 Å². The summed E-state index contributed by atoms with van der Waals surface area (Å²) >= 11 is 0. The standard InChI is InChI=1S/C15H31NO2/c1-7-16-13(9-8-10-17-6)12-11-14(2,3)18-15(12,4)5/h12-13,16H,7-11H2,1-6H3. The van der Waals surface area contributed by atoms with E-state index in [0.29, 0.717) is 12.0 Å². The van der Waals surface area contributed by atoms with Gasteiger partial charge in [-0.25, -0.2) is 0 Å². The van der Waals surface area contributed by atoms with Crippen LogP contribution in [0.4, 0.5) is 0 Å². The summed E-state index contributed by atoms with van der Waals surface area (Å²) in [6.45, 7) is 12.9. The number of hydrogen-bond acceptors (Lipinski definition) is 3. The zero-order valence-corrected chi connectivity index (χ0v) is 13.0. The average Bonchev–Trinajstić information content (AvgIpc) is 2.46. The third kappa shape index (κ3) is 4.22. The highest BCUT2D eigenvalue weighted by Crippen LogP contribution is 2.44. The van der Waals surface area contributed by atoms with Crippen molar-refractivity contribution in [3.05, 3.63) is 0 Å². The number of hydrogen-bond donors (Lipinski definition) is 1. The molecule has 0 aromatic rings. The summed E-state index contributed by atoms with van der Waals surface area (Å²) in [4.78, 5) is 0. The Bertz CT molecular complexity index is 251. The highest BCUT2D eigenvalue weighted by molar-refractivity contribution is 4.99. The van der Waals surface area contributed by atoms with Crippen LogP contribution in [0.5, 0.6) is 0 Å². The Kier molecular flexibility index (Phi) is 5.63. The van der Waals surface area contributed by atoms with Crippen LogP contribution in [0.15, 0.2) is 0 Å². The summed E-state index contributed by atoms with van der Waals surface area (Å²) < 4.78 is 11.4. The smallest absolute Gasteiger partial charge is 0.0677 e. The molecular weight excluding hydrogens is 226 g/mol. The van der Waals surface area contributed by atoms with Crippen LogP contribution in [0.25, 0.3) is 0 Å². The summed E-state index contributed by atoms with van der Waals surface area (Å²) in [5.41, 5.74) is -0.0352. The van der Waals surface area contributed by atoms with Gasteiger partial charge in [0, 0.05) is 25.7 Å². The van der Waals surface area contributed by atoms with Crippen LogP contribution in [0, 0.1) is 5.92 Å². The van der Waals surface area contributed by atoms with Crippen LogP contribution in [0.3, 0.4) is 0 Å². The third-order valence-electron chi connectivity index (χ3n) is 3.96. The molecule has 1 fully saturated rings. The van der Waals surface area contributed by atoms with Gasteiger partial charge in [0.1, 0.15) is 0 Å². The molecule has 18 heavy (non-hydrogen) atoms. The van der Waals surface area contributed by atoms with Gasteiger partial charge in [0.15, 0.2) is 0 Å². The zero-order valence-electron chi connectivity index (χ0n) is 13.0. The number of methoxy groups -OCH3 is 1. The first-order valence-corrected chi connectivity index (χ1v) is 7.25. The molecule has 0 aromatic carbocycles. The van der Waals surface area contributed by atoms with Crippen molar-refractivity contribution in [3.8, 4) is 0 Å². The quantitative estimate of drug-likeness (QED) is 0.711. The van der Waals surface area contributed by atoms with E-state index in [1.165, 1.54) is 0 Å². The van der Waals surface area contributed by atoms with Gasteiger partial charge in [-0.15, -0.1) is 0 Å². The summed E-state index contributed by atoms with van der Waals surface area (Å²) in [6.07, 6.45) is 3.40. The van der Waals surface area contributed by atoms with E-state index in [2.05, 4.69) is 39.9 Å². The zero-order chi connectivity index (χ0) is 13.8. The Labute approximate surface area is 113 Å². The highest BCUT2D eigenvalue weighted by Gasteiger charge is 2.48. The molecule has 1 rings (SSSR count). The van der Waals surface area contributed by atoms with Crippen LogP contribution in [0.2, 0.25) is 0 Å². The van der Waals surface area contributed by atoms with Crippen LogP contribution >= 0.6 is 0 Å². The molecule has 0 amide bonds. The fourth-order valence-corrected chi connectivity index (χ4v) is 3.39. The predicted molar refractivity (Wildman–Crippen MR) is 75.9 cm³/mol. The van der Waals surface area contributed by atoms with E-state index in [0.717, 1.165) is 32.4 Å². The van der Waals surface area contributed by atoms with Crippen molar-refractivity contribution >= 4 is 0 Å². The van der Waals surface area contributed by atoms with E-state index >= 15 is 0 Å². The van der Waals surface area contributed by atoms with Gasteiger partial charge in [-0.05, 0) is 53.5 Å². The maximum atomic E-state index is 6.21. The fourth-order valence-electron chi connectivity index (χ4n) is 3.39. The molecule has 0 bridgehead atoms. The Hall–Kier alpha value is -0.120. The number of nitrogens with one attached hydrogen (secondary N) is 1. The van der Waals surface area contributed by atoms with Crippen molar-refractivity contribution in [2.45, 2.75) is 71.1 Å². The van der Waals surface area contributed by atoms with E-state index in [4.69, 9.17) is 9.47 Å². The van der Waals surface area contributed by atoms with Gasteiger partial charge in [-0.2, -0.15) is 0 Å². The van der Waals surface area contributed by atoms with Crippen molar-refractivity contribution in [2.75, 3.05) is 20.3 Å². The topological polar surface area (TPSA) is 30.5 Å². The third-order valence-corrected chi connectivity index (χ3v) is 3.96. The van der Waals surface area contributed by atoms with E-state index in [1.54, 1.807) is 7.11 Å². The number of rotatable bonds is 7. The van der Waals surface area contributed by atoms with E-state index in [-0.39, 0.29) is 11.2 Å². The molecule has 0 spiro atoms. The molecule has 1 saturated heterocycles. The lowest BCUT2D eigenvalue weighted by molar-refractivity contribution is -0.0780. The second-order valence-corrected chi connectivity index (χ2v) is 6.58. The van der Waals surface area contributed by atoms with Crippen molar-refractivity contribution in [1.82, 2.24) is 5.32 Å². The van der Waals surface area contributed by atoms with Crippen LogP contribution in [-0.2, 0) is 9.47 Å². The van der Waals surface area contributed by atoms with Crippen LogP contribution in [-0.4, -0.2) is 37.5 Å². The first-order valence-electron chi connectivity index (χ1n) is 7.25. The average molecular weight is 257 g/mol. The minimum absolute atomic E-state index is 0.00307. The summed E-state index contributed by atoms with van der Waals surface area (Å²) in [5, 5.41) is 3.64. The summed E-state index contributed by atoms with van der Waals surface area (Å²) in [7, 11) is 1.77. The molecule has 0 aromatic heterocycles. The Morgan fingerprint density at radius 1 is 1.33 bits per heavy atom. The molecule has 3 nitrogen and oxygen atoms in total. The molecule has 1 aliphatic heterocycles. The van der Waals surface area contributed by atoms with E-state index in [1.807, 2.05) is 0 Å². The minimum Gasteiger partial charge on any atom is -0.385 e. The first kappa shape index (κ1) is 15.9. The Morgan fingerprint density at radius 2 is 2.00 bits per heavy atom. The second-order valence-electron chi connectivity index (χ2n) is 6.58. The predicted octanol–water partition coefficient (Wildman–Crippen LogP) is 2.98. The SMILES string of the molecule is CCNC(CCCOC)C1CC(C)(C)OC1(C)C. The Morgan fingerprint density at radius 3 is 2.44 bits per heavy atom. The maximum Gasteiger partial charge on any atom is 0.0677 e. The molecule has 3 heteroatoms. The molecular formula is C15H31NO2. The lowest BCUT2D eigenvalue weighted by Crippen LogP contribution is -2.44. The lowest BCUT2D eigenvalue weighted by Gasteiger charge is -2.33. The maximum absolute atomic E-state index is 6.21. The largest absolute Gasteiger partial charge is 0.385 e. The van der Waals surface area contributed by atoms with Gasteiger partial charge in [-0.1, -0.05) is 6.92 Å². The van der Waals surface area contributed by atoms with Crippen molar-refractivity contribution in [2.24, 2.45) is 5.92 Å². The molecule has 0 saturated carbocycles. The molecule has 0 radical (unpaired) electrons. The molecule has 108 valence electrons. The molecule has 1 aliphatic rings. The van der Waals surface area contributed by atoms with E-state index < -0.39 is 0 Å². The molecule has 1 heterocycles. The van der Waals surface area contributed by atoms with Crippen LogP contribution < -0.4 is 5.32 Å². The summed E-state index contributed by atoms with van der Waals surface area (Å²) in [5.74, 6) is 0.573. The van der Waals surface area contributed by atoms with Gasteiger partial charge in [0.25, 0.3) is 0 Å².